The van der Waals surface area contributed by atoms with Gasteiger partial charge in [0.2, 0.25) is 0 Å². The molecule has 1 aromatic carbocycles. The number of halogens is 1. The number of nitrogens with zero attached hydrogens (tertiary/aromatic N) is 4. The highest BCUT2D eigenvalue weighted by Crippen LogP contribution is 2.50. The number of aliphatic hydroxyl groups is 1. The number of hydrogen-bond donors (Lipinski definition) is 2. The van der Waals surface area contributed by atoms with Crippen LogP contribution in [0.1, 0.15) is 73.8 Å². The summed E-state index contributed by atoms with van der Waals surface area (Å²) in [5.74, 6) is 1.25. The fourth-order valence-corrected chi connectivity index (χ4v) is 7.65. The molecule has 5 atom stereocenters. The maximum Gasteiger partial charge on any atom is 0.318 e. The zero-order valence-electron chi connectivity index (χ0n) is 22.2. The van der Waals surface area contributed by atoms with Crippen LogP contribution < -0.4 is 15.4 Å². The lowest BCUT2D eigenvalue weighted by Gasteiger charge is -2.46. The van der Waals surface area contributed by atoms with Crippen molar-refractivity contribution in [1.29, 1.82) is 0 Å². The molecule has 2 aromatic rings. The number of rotatable bonds is 5. The molecule has 0 radical (unpaired) electrons. The first-order valence-electron chi connectivity index (χ1n) is 14.2. The summed E-state index contributed by atoms with van der Waals surface area (Å²) in [7, 11) is 0. The van der Waals surface area contributed by atoms with Gasteiger partial charge in [0.05, 0.1) is 36.1 Å². The standard InChI is InChI=1S/C29H38FN5O3/c1-18-5-8-29(24-11-20(31)3-4-22(18)24)13-25-23(16-38-29)26(35-10-6-21(35)15-36)33-27(32-25)37-17-28-7-2-9-34(28)14-19(30)12-28/h3-4,11,18-19,21,36H,2,5-10,12-17,31H2,1H3. The van der Waals surface area contributed by atoms with E-state index in [0.717, 1.165) is 68.0 Å². The van der Waals surface area contributed by atoms with Crippen LogP contribution in [0.5, 0.6) is 6.01 Å². The summed E-state index contributed by atoms with van der Waals surface area (Å²) in [6.45, 7) is 5.40. The van der Waals surface area contributed by atoms with Gasteiger partial charge in [0.1, 0.15) is 18.6 Å². The zero-order valence-corrected chi connectivity index (χ0v) is 22.2. The molecule has 1 aromatic heterocycles. The Bertz CT molecular complexity index is 1240. The van der Waals surface area contributed by atoms with E-state index < -0.39 is 11.8 Å². The number of aliphatic hydroxyl groups excluding tert-OH is 1. The van der Waals surface area contributed by atoms with Gasteiger partial charge < -0.3 is 25.2 Å². The second kappa shape index (κ2) is 9.03. The van der Waals surface area contributed by atoms with E-state index in [9.17, 15) is 9.50 Å². The molecular formula is C29H38FN5O3. The third-order valence-corrected chi connectivity index (χ3v) is 9.93. The second-order valence-corrected chi connectivity index (χ2v) is 12.2. The third kappa shape index (κ3) is 3.80. The van der Waals surface area contributed by atoms with Gasteiger partial charge in [0, 0.05) is 37.2 Å². The number of ether oxygens (including phenoxy) is 2. The number of hydrogen-bond acceptors (Lipinski definition) is 8. The van der Waals surface area contributed by atoms with Crippen molar-refractivity contribution in [3.63, 3.8) is 0 Å². The number of nitrogen functional groups attached to an aromatic ring is 1. The Morgan fingerprint density at radius 1 is 1.24 bits per heavy atom. The molecule has 1 aliphatic carbocycles. The Hall–Kier alpha value is -2.49. The quantitative estimate of drug-likeness (QED) is 0.576. The van der Waals surface area contributed by atoms with E-state index in [1.807, 2.05) is 6.07 Å². The van der Waals surface area contributed by atoms with E-state index in [4.69, 9.17) is 25.2 Å². The molecule has 9 heteroatoms. The molecular weight excluding hydrogens is 485 g/mol. The average molecular weight is 524 g/mol. The van der Waals surface area contributed by atoms with Gasteiger partial charge in [-0.3, -0.25) is 4.90 Å². The molecule has 204 valence electrons. The van der Waals surface area contributed by atoms with Crippen molar-refractivity contribution in [2.45, 2.75) is 87.7 Å². The van der Waals surface area contributed by atoms with Crippen LogP contribution in [0, 0.1) is 0 Å². The Labute approximate surface area is 223 Å². The zero-order chi connectivity index (χ0) is 26.1. The number of fused-ring (bicyclic) bond motifs is 4. The first kappa shape index (κ1) is 24.5. The average Bonchev–Trinajstić information content (AvgIpc) is 3.40. The monoisotopic (exact) mass is 523 g/mol. The van der Waals surface area contributed by atoms with Gasteiger partial charge in [-0.1, -0.05) is 13.0 Å². The van der Waals surface area contributed by atoms with Crippen LogP contribution in [0.15, 0.2) is 18.2 Å². The summed E-state index contributed by atoms with van der Waals surface area (Å²) in [5, 5.41) is 9.92. The second-order valence-electron chi connectivity index (χ2n) is 12.2. The molecule has 0 amide bonds. The molecule has 5 aliphatic rings. The van der Waals surface area contributed by atoms with E-state index in [-0.39, 0.29) is 18.2 Å². The van der Waals surface area contributed by atoms with Crippen molar-refractivity contribution >= 4 is 11.5 Å². The lowest BCUT2D eigenvalue weighted by atomic mass is 9.71. The van der Waals surface area contributed by atoms with Gasteiger partial charge in [-0.25, -0.2) is 4.39 Å². The van der Waals surface area contributed by atoms with E-state index in [2.05, 4.69) is 28.9 Å². The molecule has 5 unspecified atom stereocenters. The number of anilines is 2. The van der Waals surface area contributed by atoms with Gasteiger partial charge in [-0.2, -0.15) is 9.97 Å². The van der Waals surface area contributed by atoms with E-state index in [0.29, 0.717) is 44.5 Å². The SMILES string of the molecule is CC1CCC2(Cc3nc(OCC45CCCN4CC(F)C5)nc(N4CCC4CO)c3CO2)c2cc(N)ccc21. The first-order chi connectivity index (χ1) is 18.4. The predicted octanol–water partition coefficient (Wildman–Crippen LogP) is 3.45. The predicted molar refractivity (Wildman–Crippen MR) is 142 cm³/mol. The van der Waals surface area contributed by atoms with Crippen molar-refractivity contribution in [1.82, 2.24) is 14.9 Å². The van der Waals surface area contributed by atoms with Crippen molar-refractivity contribution < 1.29 is 19.0 Å². The summed E-state index contributed by atoms with van der Waals surface area (Å²) in [6.07, 6.45) is 5.21. The molecule has 3 N–H and O–H groups in total. The highest BCUT2D eigenvalue weighted by molar-refractivity contribution is 5.55. The first-order valence-corrected chi connectivity index (χ1v) is 14.2. The number of benzene rings is 1. The van der Waals surface area contributed by atoms with E-state index >= 15 is 0 Å². The van der Waals surface area contributed by atoms with Crippen LogP contribution in [-0.4, -0.2) is 70.6 Å². The molecule has 3 saturated heterocycles. The molecule has 3 fully saturated rings. The summed E-state index contributed by atoms with van der Waals surface area (Å²) < 4.78 is 27.4. The van der Waals surface area contributed by atoms with Gasteiger partial charge in [-0.05, 0) is 67.8 Å². The van der Waals surface area contributed by atoms with Gasteiger partial charge >= 0.3 is 6.01 Å². The Balaban J connectivity index is 1.24. The highest BCUT2D eigenvalue weighted by atomic mass is 19.1. The third-order valence-electron chi connectivity index (χ3n) is 9.93. The summed E-state index contributed by atoms with van der Waals surface area (Å²) >= 11 is 0. The molecule has 0 bridgehead atoms. The molecule has 8 nitrogen and oxygen atoms in total. The van der Waals surface area contributed by atoms with E-state index in [1.54, 1.807) is 0 Å². The van der Waals surface area contributed by atoms with Crippen LogP contribution in [-0.2, 0) is 23.4 Å². The van der Waals surface area contributed by atoms with Gasteiger partial charge in [0.25, 0.3) is 0 Å². The molecule has 7 rings (SSSR count). The Morgan fingerprint density at radius 2 is 2.13 bits per heavy atom. The Morgan fingerprint density at radius 3 is 2.95 bits per heavy atom. The summed E-state index contributed by atoms with van der Waals surface area (Å²) in [4.78, 5) is 14.2. The van der Waals surface area contributed by atoms with Crippen LogP contribution in [0.3, 0.4) is 0 Å². The van der Waals surface area contributed by atoms with Gasteiger partial charge in [0.15, 0.2) is 0 Å². The van der Waals surface area contributed by atoms with Crippen LogP contribution in [0.25, 0.3) is 0 Å². The van der Waals surface area contributed by atoms with Crippen molar-refractivity contribution in [3.05, 3.63) is 40.6 Å². The van der Waals surface area contributed by atoms with Crippen LogP contribution >= 0.6 is 0 Å². The van der Waals surface area contributed by atoms with E-state index in [1.165, 1.54) is 11.1 Å². The maximum atomic E-state index is 14.3. The number of aromatic nitrogens is 2. The lowest BCUT2D eigenvalue weighted by Crippen LogP contribution is -2.51. The fraction of sp³-hybridized carbons (Fsp3) is 0.655. The minimum absolute atomic E-state index is 0.0415. The van der Waals surface area contributed by atoms with Crippen molar-refractivity contribution in [3.8, 4) is 6.01 Å². The summed E-state index contributed by atoms with van der Waals surface area (Å²) in [5.41, 5.74) is 10.6. The normalized spacial score (nSPS) is 34.1. The summed E-state index contributed by atoms with van der Waals surface area (Å²) in [6, 6.07) is 6.59. The molecule has 0 saturated carbocycles. The smallest absolute Gasteiger partial charge is 0.318 e. The largest absolute Gasteiger partial charge is 0.461 e. The Kier molecular flexibility index (Phi) is 5.83. The molecule has 5 heterocycles. The minimum atomic E-state index is -0.802. The highest BCUT2D eigenvalue weighted by Gasteiger charge is 2.50. The van der Waals surface area contributed by atoms with Crippen LogP contribution in [0.2, 0.25) is 0 Å². The topological polar surface area (TPSA) is 97.0 Å². The fourth-order valence-electron chi connectivity index (χ4n) is 7.65. The van der Waals surface area contributed by atoms with Gasteiger partial charge in [-0.15, -0.1) is 0 Å². The van der Waals surface area contributed by atoms with Crippen molar-refractivity contribution in [2.75, 3.05) is 43.5 Å². The molecule has 4 aliphatic heterocycles. The molecule has 38 heavy (non-hydrogen) atoms. The number of alkyl halides is 1. The lowest BCUT2D eigenvalue weighted by molar-refractivity contribution is -0.0872. The maximum absolute atomic E-state index is 14.3. The number of nitrogens with two attached hydrogens (primary N) is 1. The molecule has 1 spiro atoms. The van der Waals surface area contributed by atoms with Crippen molar-refractivity contribution in [2.24, 2.45) is 0 Å². The minimum Gasteiger partial charge on any atom is -0.461 e. The van der Waals surface area contributed by atoms with Crippen LogP contribution in [0.4, 0.5) is 15.9 Å².